The SMILES string of the molecule is O=C(CN1CCCC2CCCCC21)NN1C(=O)NC(c2ccccc2)(c2ccccc2)C1=O. The summed E-state index contributed by atoms with van der Waals surface area (Å²) in [5.74, 6) is -0.185. The van der Waals surface area contributed by atoms with Gasteiger partial charge in [-0.25, -0.2) is 4.79 Å². The zero-order valence-electron chi connectivity index (χ0n) is 18.7. The molecule has 3 fully saturated rings. The minimum absolute atomic E-state index is 0.196. The van der Waals surface area contributed by atoms with Crippen molar-refractivity contribution in [1.29, 1.82) is 0 Å². The molecule has 2 atom stereocenters. The first kappa shape index (κ1) is 21.6. The third-order valence-corrected chi connectivity index (χ3v) is 7.38. The van der Waals surface area contributed by atoms with Gasteiger partial charge in [0.2, 0.25) is 0 Å². The lowest BCUT2D eigenvalue weighted by molar-refractivity contribution is -0.139. The lowest BCUT2D eigenvalue weighted by Crippen LogP contribution is -2.54. The van der Waals surface area contributed by atoms with E-state index < -0.39 is 17.5 Å². The highest BCUT2D eigenvalue weighted by atomic mass is 16.2. The number of hydrogen-bond donors (Lipinski definition) is 2. The van der Waals surface area contributed by atoms with Crippen LogP contribution < -0.4 is 10.7 Å². The highest BCUT2D eigenvalue weighted by Gasteiger charge is 2.54. The van der Waals surface area contributed by atoms with Gasteiger partial charge in [-0.3, -0.25) is 19.9 Å². The number of likely N-dealkylation sites (tertiary alicyclic amines) is 1. The molecule has 0 spiro atoms. The number of fused-ring (bicyclic) bond motifs is 1. The molecular formula is C26H30N4O3. The molecule has 4 amide bonds. The number of imide groups is 1. The fourth-order valence-electron chi connectivity index (χ4n) is 5.83. The Morgan fingerprint density at radius 2 is 1.52 bits per heavy atom. The fraction of sp³-hybridized carbons (Fsp3) is 0.423. The van der Waals surface area contributed by atoms with Gasteiger partial charge in [0.1, 0.15) is 0 Å². The second-order valence-corrected chi connectivity index (χ2v) is 9.31. The number of carbonyl (C=O) groups excluding carboxylic acids is 3. The second kappa shape index (κ2) is 8.98. The molecule has 2 aliphatic heterocycles. The van der Waals surface area contributed by atoms with Gasteiger partial charge in [-0.1, -0.05) is 73.5 Å². The van der Waals surface area contributed by atoms with Crippen molar-refractivity contribution >= 4 is 17.8 Å². The van der Waals surface area contributed by atoms with E-state index in [1.807, 2.05) is 60.7 Å². The maximum atomic E-state index is 13.7. The van der Waals surface area contributed by atoms with Gasteiger partial charge in [0, 0.05) is 6.04 Å². The highest BCUT2D eigenvalue weighted by molar-refractivity contribution is 6.10. The molecule has 2 saturated heterocycles. The maximum absolute atomic E-state index is 13.7. The molecule has 7 nitrogen and oxygen atoms in total. The molecule has 7 heteroatoms. The number of nitrogens with zero attached hydrogens (tertiary/aromatic N) is 2. The molecule has 33 heavy (non-hydrogen) atoms. The molecule has 2 aromatic rings. The Balaban J connectivity index is 1.37. The van der Waals surface area contributed by atoms with Crippen molar-refractivity contribution in [3.05, 3.63) is 71.8 Å². The second-order valence-electron chi connectivity index (χ2n) is 9.31. The van der Waals surface area contributed by atoms with Crippen LogP contribution in [0, 0.1) is 5.92 Å². The predicted octanol–water partition coefficient (Wildman–Crippen LogP) is 3.17. The first-order valence-electron chi connectivity index (χ1n) is 11.9. The minimum Gasteiger partial charge on any atom is -0.314 e. The van der Waals surface area contributed by atoms with E-state index in [2.05, 4.69) is 15.6 Å². The summed E-state index contributed by atoms with van der Waals surface area (Å²) in [5, 5.41) is 3.72. The minimum atomic E-state index is -1.38. The summed E-state index contributed by atoms with van der Waals surface area (Å²) in [4.78, 5) is 41.9. The largest absolute Gasteiger partial charge is 0.344 e. The van der Waals surface area contributed by atoms with Gasteiger partial charge in [0.15, 0.2) is 5.54 Å². The first-order valence-corrected chi connectivity index (χ1v) is 11.9. The van der Waals surface area contributed by atoms with Crippen LogP contribution in [0.3, 0.4) is 0 Å². The van der Waals surface area contributed by atoms with Crippen LogP contribution in [0.5, 0.6) is 0 Å². The van der Waals surface area contributed by atoms with Crippen molar-refractivity contribution in [2.45, 2.75) is 50.1 Å². The summed E-state index contributed by atoms with van der Waals surface area (Å²) in [7, 11) is 0. The van der Waals surface area contributed by atoms with E-state index in [0.717, 1.165) is 24.4 Å². The number of urea groups is 1. The quantitative estimate of drug-likeness (QED) is 0.692. The van der Waals surface area contributed by atoms with Gasteiger partial charge < -0.3 is 5.32 Å². The van der Waals surface area contributed by atoms with Crippen molar-refractivity contribution < 1.29 is 14.4 Å². The molecule has 2 unspecified atom stereocenters. The van der Waals surface area contributed by atoms with Crippen molar-refractivity contribution in [1.82, 2.24) is 20.7 Å². The lowest BCUT2D eigenvalue weighted by Gasteiger charge is -2.43. The first-order chi connectivity index (χ1) is 16.1. The molecule has 1 aliphatic carbocycles. The summed E-state index contributed by atoms with van der Waals surface area (Å²) in [6.45, 7) is 1.08. The summed E-state index contributed by atoms with van der Waals surface area (Å²) >= 11 is 0. The van der Waals surface area contributed by atoms with Crippen LogP contribution in [0.2, 0.25) is 0 Å². The molecule has 5 rings (SSSR count). The van der Waals surface area contributed by atoms with E-state index in [1.165, 1.54) is 25.7 Å². The predicted molar refractivity (Wildman–Crippen MR) is 124 cm³/mol. The Bertz CT molecular complexity index is 985. The highest BCUT2D eigenvalue weighted by Crippen LogP contribution is 2.36. The van der Waals surface area contributed by atoms with Crippen molar-refractivity contribution in [3.63, 3.8) is 0 Å². The summed E-state index contributed by atoms with van der Waals surface area (Å²) in [6.07, 6.45) is 7.13. The average molecular weight is 447 g/mol. The van der Waals surface area contributed by atoms with Crippen molar-refractivity contribution in [2.24, 2.45) is 5.92 Å². The third-order valence-electron chi connectivity index (χ3n) is 7.38. The van der Waals surface area contributed by atoms with Gasteiger partial charge in [0.05, 0.1) is 6.54 Å². The summed E-state index contributed by atoms with van der Waals surface area (Å²) < 4.78 is 0. The zero-order chi connectivity index (χ0) is 22.8. The molecule has 2 aromatic carbocycles. The van der Waals surface area contributed by atoms with E-state index in [9.17, 15) is 14.4 Å². The topological polar surface area (TPSA) is 81.8 Å². The zero-order valence-corrected chi connectivity index (χ0v) is 18.7. The van der Waals surface area contributed by atoms with Gasteiger partial charge in [-0.15, -0.1) is 0 Å². The third kappa shape index (κ3) is 3.91. The number of benzene rings is 2. The number of carbonyl (C=O) groups is 3. The molecule has 2 heterocycles. The molecule has 3 aliphatic rings. The Kier molecular flexibility index (Phi) is 5.89. The fourth-order valence-corrected chi connectivity index (χ4v) is 5.83. The smallest absolute Gasteiger partial charge is 0.314 e. The van der Waals surface area contributed by atoms with E-state index >= 15 is 0 Å². The maximum Gasteiger partial charge on any atom is 0.344 e. The van der Waals surface area contributed by atoms with E-state index in [-0.39, 0.29) is 12.5 Å². The molecule has 0 bridgehead atoms. The Morgan fingerprint density at radius 1 is 0.909 bits per heavy atom. The van der Waals surface area contributed by atoms with Crippen LogP contribution in [0.1, 0.15) is 49.7 Å². The standard InChI is InChI=1S/C26H30N4O3/c31-23(18-29-17-9-11-19-10-7-8-16-22(19)29)28-30-24(32)26(27-25(30)33,20-12-3-1-4-13-20)21-14-5-2-6-15-21/h1-6,12-15,19,22H,7-11,16-18H2,(H,27,33)(H,28,31). The number of nitrogens with one attached hydrogen (secondary N) is 2. The van der Waals surface area contributed by atoms with Crippen LogP contribution >= 0.6 is 0 Å². The summed E-state index contributed by atoms with van der Waals surface area (Å²) in [5.41, 5.74) is 2.52. The van der Waals surface area contributed by atoms with Crippen LogP contribution in [0.25, 0.3) is 0 Å². The molecule has 2 N–H and O–H groups in total. The Labute approximate surface area is 194 Å². The van der Waals surface area contributed by atoms with Gasteiger partial charge >= 0.3 is 6.03 Å². The lowest BCUT2D eigenvalue weighted by atomic mass is 9.78. The molecule has 0 aromatic heterocycles. The van der Waals surface area contributed by atoms with Crippen molar-refractivity contribution in [2.75, 3.05) is 13.1 Å². The monoisotopic (exact) mass is 446 g/mol. The molecule has 1 saturated carbocycles. The normalized spacial score (nSPS) is 24.8. The van der Waals surface area contributed by atoms with Crippen LogP contribution in [0.4, 0.5) is 4.79 Å². The van der Waals surface area contributed by atoms with E-state index in [1.54, 1.807) is 0 Å². The number of amides is 4. The average Bonchev–Trinajstić information content (AvgIpc) is 3.11. The molecular weight excluding hydrogens is 416 g/mol. The van der Waals surface area contributed by atoms with E-state index in [4.69, 9.17) is 0 Å². The Hall–Kier alpha value is -3.19. The Morgan fingerprint density at radius 3 is 2.18 bits per heavy atom. The number of hydrogen-bond acceptors (Lipinski definition) is 4. The van der Waals surface area contributed by atoms with Gasteiger partial charge in [-0.2, -0.15) is 5.01 Å². The summed E-state index contributed by atoms with van der Waals surface area (Å²) in [6, 6.07) is 18.1. The van der Waals surface area contributed by atoms with Crippen molar-refractivity contribution in [3.8, 4) is 0 Å². The van der Waals surface area contributed by atoms with Gasteiger partial charge in [-0.05, 0) is 49.3 Å². The van der Waals surface area contributed by atoms with Crippen LogP contribution in [-0.4, -0.2) is 46.9 Å². The number of rotatable bonds is 5. The molecule has 0 radical (unpaired) electrons. The number of hydrazine groups is 1. The van der Waals surface area contributed by atoms with Gasteiger partial charge in [0.25, 0.3) is 11.8 Å². The molecule has 172 valence electrons. The van der Waals surface area contributed by atoms with Crippen LogP contribution in [0.15, 0.2) is 60.7 Å². The number of piperidine rings is 1. The van der Waals surface area contributed by atoms with Crippen LogP contribution in [-0.2, 0) is 15.1 Å². The van der Waals surface area contributed by atoms with E-state index in [0.29, 0.717) is 23.1 Å².